The van der Waals surface area contributed by atoms with Gasteiger partial charge in [-0.3, -0.25) is 9.69 Å². The highest BCUT2D eigenvalue weighted by atomic mass is 35.5. The van der Waals surface area contributed by atoms with Crippen molar-refractivity contribution in [1.29, 1.82) is 0 Å². The van der Waals surface area contributed by atoms with E-state index < -0.39 is 15.8 Å². The average molecular weight is 318 g/mol. The third-order valence-corrected chi connectivity index (χ3v) is 5.51. The lowest BCUT2D eigenvalue weighted by Crippen LogP contribution is -2.39. The first kappa shape index (κ1) is 15.3. The van der Waals surface area contributed by atoms with E-state index in [1.165, 1.54) is 0 Å². The van der Waals surface area contributed by atoms with E-state index in [9.17, 15) is 13.2 Å². The number of sulfone groups is 1. The standard InChI is InChI=1S/C13H16ClNO4S/c14-12-4-2-1-3-10(12)7-15(8-13(16)17)11-5-6-20(18,19)9-11/h1-4,11H,5-9H2,(H,16,17). The fourth-order valence-electron chi connectivity index (χ4n) is 2.40. The Hall–Kier alpha value is -1.11. The van der Waals surface area contributed by atoms with Crippen LogP contribution in [-0.2, 0) is 21.2 Å². The van der Waals surface area contributed by atoms with Crippen LogP contribution in [0.4, 0.5) is 0 Å². The number of hydrogen-bond donors (Lipinski definition) is 1. The molecular weight excluding hydrogens is 302 g/mol. The Morgan fingerprint density at radius 3 is 2.65 bits per heavy atom. The maximum Gasteiger partial charge on any atom is 0.317 e. The van der Waals surface area contributed by atoms with Crippen molar-refractivity contribution in [2.75, 3.05) is 18.1 Å². The lowest BCUT2D eigenvalue weighted by Gasteiger charge is -2.26. The molecule has 1 fully saturated rings. The van der Waals surface area contributed by atoms with Crippen molar-refractivity contribution < 1.29 is 18.3 Å². The van der Waals surface area contributed by atoms with Gasteiger partial charge in [-0.25, -0.2) is 8.42 Å². The number of halogens is 1. The minimum Gasteiger partial charge on any atom is -0.480 e. The number of carbonyl (C=O) groups is 1. The van der Waals surface area contributed by atoms with E-state index in [-0.39, 0.29) is 24.1 Å². The van der Waals surface area contributed by atoms with Crippen molar-refractivity contribution >= 4 is 27.4 Å². The summed E-state index contributed by atoms with van der Waals surface area (Å²) < 4.78 is 23.1. The second-order valence-corrected chi connectivity index (χ2v) is 7.58. The zero-order chi connectivity index (χ0) is 14.8. The molecule has 20 heavy (non-hydrogen) atoms. The van der Waals surface area contributed by atoms with Crippen LogP contribution in [0.15, 0.2) is 24.3 Å². The van der Waals surface area contributed by atoms with Crippen molar-refractivity contribution in [1.82, 2.24) is 4.90 Å². The highest BCUT2D eigenvalue weighted by molar-refractivity contribution is 7.91. The number of benzene rings is 1. The number of aliphatic carboxylic acids is 1. The molecule has 2 rings (SSSR count). The Morgan fingerprint density at radius 1 is 1.40 bits per heavy atom. The summed E-state index contributed by atoms with van der Waals surface area (Å²) >= 11 is 6.08. The third-order valence-electron chi connectivity index (χ3n) is 3.39. The second-order valence-electron chi connectivity index (χ2n) is 4.95. The number of carboxylic acids is 1. The van der Waals surface area contributed by atoms with Crippen LogP contribution in [-0.4, -0.2) is 48.5 Å². The van der Waals surface area contributed by atoms with Gasteiger partial charge in [-0.2, -0.15) is 0 Å². The number of hydrogen-bond acceptors (Lipinski definition) is 4. The summed E-state index contributed by atoms with van der Waals surface area (Å²) in [5.74, 6) is -0.831. The number of rotatable bonds is 5. The molecule has 1 aliphatic rings. The predicted molar refractivity (Wildman–Crippen MR) is 76.6 cm³/mol. The first-order chi connectivity index (χ1) is 9.37. The molecule has 1 atom stereocenters. The van der Waals surface area contributed by atoms with E-state index in [1.807, 2.05) is 12.1 Å². The molecule has 0 radical (unpaired) electrons. The molecule has 7 heteroatoms. The minimum atomic E-state index is -3.05. The van der Waals surface area contributed by atoms with E-state index in [4.69, 9.17) is 16.7 Å². The molecule has 1 saturated heterocycles. The molecule has 1 heterocycles. The molecular formula is C13H16ClNO4S. The molecule has 0 aromatic heterocycles. The predicted octanol–water partition coefficient (Wildman–Crippen LogP) is 1.41. The van der Waals surface area contributed by atoms with Gasteiger partial charge < -0.3 is 5.11 Å². The molecule has 0 saturated carbocycles. The summed E-state index contributed by atoms with van der Waals surface area (Å²) in [6.07, 6.45) is 0.472. The van der Waals surface area contributed by atoms with Gasteiger partial charge >= 0.3 is 5.97 Å². The number of carboxylic acid groups (broad SMARTS) is 1. The quantitative estimate of drug-likeness (QED) is 0.889. The molecule has 1 aromatic carbocycles. The van der Waals surface area contributed by atoms with Crippen LogP contribution in [0, 0.1) is 0 Å². The van der Waals surface area contributed by atoms with Crippen molar-refractivity contribution in [2.24, 2.45) is 0 Å². The van der Waals surface area contributed by atoms with Crippen LogP contribution in [0.5, 0.6) is 0 Å². The lowest BCUT2D eigenvalue weighted by atomic mass is 10.1. The van der Waals surface area contributed by atoms with Crippen LogP contribution >= 0.6 is 11.6 Å². The summed E-state index contributed by atoms with van der Waals surface area (Å²) in [5, 5.41) is 9.56. The summed E-state index contributed by atoms with van der Waals surface area (Å²) in [4.78, 5) is 12.7. The normalized spacial score (nSPS) is 21.2. The summed E-state index contributed by atoms with van der Waals surface area (Å²) in [7, 11) is -3.05. The van der Waals surface area contributed by atoms with Crippen molar-refractivity contribution in [2.45, 2.75) is 19.0 Å². The van der Waals surface area contributed by atoms with E-state index in [0.29, 0.717) is 18.0 Å². The van der Waals surface area contributed by atoms with Crippen LogP contribution < -0.4 is 0 Å². The van der Waals surface area contributed by atoms with Crippen molar-refractivity contribution in [3.8, 4) is 0 Å². The van der Waals surface area contributed by atoms with E-state index in [2.05, 4.69) is 0 Å². The molecule has 110 valence electrons. The number of nitrogens with zero attached hydrogens (tertiary/aromatic N) is 1. The van der Waals surface area contributed by atoms with Crippen LogP contribution in [0.2, 0.25) is 5.02 Å². The molecule has 1 aromatic rings. The Labute approximate surface area is 123 Å². The summed E-state index contributed by atoms with van der Waals surface area (Å²) in [6.45, 7) is 0.150. The van der Waals surface area contributed by atoms with Gasteiger partial charge in [0.15, 0.2) is 9.84 Å². The van der Waals surface area contributed by atoms with Crippen LogP contribution in [0.1, 0.15) is 12.0 Å². The van der Waals surface area contributed by atoms with Crippen LogP contribution in [0.3, 0.4) is 0 Å². The minimum absolute atomic E-state index is 0.0186. The van der Waals surface area contributed by atoms with Gasteiger partial charge in [-0.05, 0) is 18.1 Å². The van der Waals surface area contributed by atoms with Crippen molar-refractivity contribution in [3.63, 3.8) is 0 Å². The first-order valence-electron chi connectivity index (χ1n) is 6.27. The SMILES string of the molecule is O=C(O)CN(Cc1ccccc1Cl)C1CCS(=O)(=O)C1. The molecule has 5 nitrogen and oxygen atoms in total. The molecule has 0 spiro atoms. The molecule has 1 N–H and O–H groups in total. The van der Waals surface area contributed by atoms with E-state index in [1.54, 1.807) is 17.0 Å². The Morgan fingerprint density at radius 2 is 2.10 bits per heavy atom. The van der Waals surface area contributed by atoms with E-state index in [0.717, 1.165) is 5.56 Å². The molecule has 0 aliphatic carbocycles. The van der Waals surface area contributed by atoms with Gasteiger partial charge in [-0.15, -0.1) is 0 Å². The molecule has 0 bridgehead atoms. The van der Waals surface area contributed by atoms with Gasteiger partial charge in [0.2, 0.25) is 0 Å². The Kier molecular flexibility index (Phi) is 4.67. The first-order valence-corrected chi connectivity index (χ1v) is 8.47. The van der Waals surface area contributed by atoms with Gasteiger partial charge in [0.1, 0.15) is 0 Å². The average Bonchev–Trinajstić information content (AvgIpc) is 2.71. The molecule has 1 unspecified atom stereocenters. The summed E-state index contributed by atoms with van der Waals surface area (Å²) in [5.41, 5.74) is 0.805. The van der Waals surface area contributed by atoms with E-state index >= 15 is 0 Å². The zero-order valence-corrected chi connectivity index (χ0v) is 12.4. The zero-order valence-electron chi connectivity index (χ0n) is 10.8. The maximum absolute atomic E-state index is 11.6. The van der Waals surface area contributed by atoms with Gasteiger partial charge in [0.25, 0.3) is 0 Å². The second kappa shape index (κ2) is 6.11. The fraction of sp³-hybridized carbons (Fsp3) is 0.462. The lowest BCUT2D eigenvalue weighted by molar-refractivity contribution is -0.139. The summed E-state index contributed by atoms with van der Waals surface area (Å²) in [6, 6.07) is 6.92. The topological polar surface area (TPSA) is 74.7 Å². The van der Waals surface area contributed by atoms with Gasteiger partial charge in [-0.1, -0.05) is 29.8 Å². The third kappa shape index (κ3) is 3.94. The molecule has 1 aliphatic heterocycles. The van der Waals surface area contributed by atoms with Crippen LogP contribution in [0.25, 0.3) is 0 Å². The highest BCUT2D eigenvalue weighted by Crippen LogP contribution is 2.22. The Balaban J connectivity index is 2.16. The van der Waals surface area contributed by atoms with Crippen molar-refractivity contribution in [3.05, 3.63) is 34.9 Å². The maximum atomic E-state index is 11.6. The molecule has 0 amide bonds. The smallest absolute Gasteiger partial charge is 0.317 e. The highest BCUT2D eigenvalue weighted by Gasteiger charge is 2.33. The Bertz CT molecular complexity index is 602. The van der Waals surface area contributed by atoms with Gasteiger partial charge in [0.05, 0.1) is 18.1 Å². The van der Waals surface area contributed by atoms with Gasteiger partial charge in [0, 0.05) is 17.6 Å². The monoisotopic (exact) mass is 317 g/mol. The fourth-order valence-corrected chi connectivity index (χ4v) is 4.35. The largest absolute Gasteiger partial charge is 0.480 e.